The van der Waals surface area contributed by atoms with E-state index in [9.17, 15) is 31.5 Å². The number of alkyl halides is 5. The van der Waals surface area contributed by atoms with Gasteiger partial charge in [-0.1, -0.05) is 18.7 Å². The van der Waals surface area contributed by atoms with Crippen LogP contribution in [0.25, 0.3) is 0 Å². The van der Waals surface area contributed by atoms with Crippen LogP contribution < -0.4 is 20.7 Å². The predicted molar refractivity (Wildman–Crippen MR) is 94.4 cm³/mol. The number of anilines is 1. The molecule has 2 amide bonds. The van der Waals surface area contributed by atoms with E-state index in [1.54, 1.807) is 36.5 Å². The average Bonchev–Trinajstić information content (AvgIpc) is 2.74. The van der Waals surface area contributed by atoms with E-state index >= 15 is 0 Å². The fourth-order valence-electron chi connectivity index (χ4n) is 2.48. The number of hydrogen-bond donors (Lipinski definition) is 3. The average molecular weight is 421 g/mol. The second-order valence-electron chi connectivity index (χ2n) is 6.60. The summed E-state index contributed by atoms with van der Waals surface area (Å²) in [5.41, 5.74) is 0.402. The molecule has 1 aliphatic rings. The topological polar surface area (TPSA) is 79.5 Å². The van der Waals surface area contributed by atoms with E-state index in [0.29, 0.717) is 11.4 Å². The molecular formula is C18H20F5N3O3. The molecule has 29 heavy (non-hydrogen) atoms. The zero-order valence-electron chi connectivity index (χ0n) is 15.6. The highest BCUT2D eigenvalue weighted by molar-refractivity contribution is 5.97. The number of hydrogen-bond acceptors (Lipinski definition) is 4. The van der Waals surface area contributed by atoms with Crippen LogP contribution in [0.3, 0.4) is 0 Å². The Labute approximate surface area is 163 Å². The Kier molecular flexibility index (Phi) is 6.39. The van der Waals surface area contributed by atoms with Crippen molar-refractivity contribution in [2.24, 2.45) is 5.92 Å². The van der Waals surface area contributed by atoms with Gasteiger partial charge in [0.05, 0.1) is 18.2 Å². The number of fused-ring (bicyclic) bond motifs is 1. The number of amides is 2. The molecule has 160 valence electrons. The summed E-state index contributed by atoms with van der Waals surface area (Å²) in [7, 11) is 0. The molecule has 0 saturated carbocycles. The second kappa shape index (κ2) is 8.26. The molecule has 1 aromatic rings. The van der Waals surface area contributed by atoms with Gasteiger partial charge < -0.3 is 20.7 Å². The molecular weight excluding hydrogens is 401 g/mol. The summed E-state index contributed by atoms with van der Waals surface area (Å²) in [6.45, 7) is 4.55. The van der Waals surface area contributed by atoms with Crippen molar-refractivity contribution in [3.05, 3.63) is 36.5 Å². The van der Waals surface area contributed by atoms with Crippen LogP contribution in [0.5, 0.6) is 5.75 Å². The Hall–Kier alpha value is -2.85. The van der Waals surface area contributed by atoms with E-state index in [1.807, 2.05) is 0 Å². The van der Waals surface area contributed by atoms with Crippen LogP contribution in [-0.2, 0) is 9.59 Å². The summed E-state index contributed by atoms with van der Waals surface area (Å²) < 4.78 is 68.2. The lowest BCUT2D eigenvalue weighted by atomic mass is 10.0. The normalized spacial score (nSPS) is 20.4. The summed E-state index contributed by atoms with van der Waals surface area (Å²) in [4.78, 5) is 24.4. The first-order valence-corrected chi connectivity index (χ1v) is 8.57. The quantitative estimate of drug-likeness (QED) is 0.618. The minimum Gasteiger partial charge on any atom is -0.486 e. The number of carbonyl (C=O) groups excluding carboxylic acids is 2. The second-order valence-corrected chi connectivity index (χ2v) is 6.60. The highest BCUT2D eigenvalue weighted by atomic mass is 19.4. The number of para-hydroxylation sites is 2. The summed E-state index contributed by atoms with van der Waals surface area (Å²) in [5, 5.41) is 6.90. The molecule has 0 bridgehead atoms. The van der Waals surface area contributed by atoms with Gasteiger partial charge in [-0.25, -0.2) is 0 Å². The van der Waals surface area contributed by atoms with E-state index in [0.717, 1.165) is 0 Å². The third kappa shape index (κ3) is 5.15. The molecule has 2 rings (SSSR count). The lowest BCUT2D eigenvalue weighted by Crippen LogP contribution is -2.51. The van der Waals surface area contributed by atoms with Crippen LogP contribution >= 0.6 is 0 Å². The van der Waals surface area contributed by atoms with Gasteiger partial charge >= 0.3 is 12.1 Å². The molecule has 0 spiro atoms. The number of carbonyl (C=O) groups is 2. The van der Waals surface area contributed by atoms with Crippen LogP contribution in [0, 0.1) is 5.92 Å². The van der Waals surface area contributed by atoms with Crippen molar-refractivity contribution in [3.8, 4) is 5.75 Å². The highest BCUT2D eigenvalue weighted by Crippen LogP contribution is 2.34. The molecule has 0 aromatic heterocycles. The van der Waals surface area contributed by atoms with E-state index in [4.69, 9.17) is 4.74 Å². The Morgan fingerprint density at radius 3 is 2.52 bits per heavy atom. The maximum Gasteiger partial charge on any atom is 0.455 e. The molecule has 1 aromatic carbocycles. The minimum absolute atomic E-state index is 0.0422. The fourth-order valence-corrected chi connectivity index (χ4v) is 2.48. The smallest absolute Gasteiger partial charge is 0.455 e. The predicted octanol–water partition coefficient (Wildman–Crippen LogP) is 2.83. The summed E-state index contributed by atoms with van der Waals surface area (Å²) >= 11 is 0. The van der Waals surface area contributed by atoms with Crippen LogP contribution in [0.1, 0.15) is 13.8 Å². The molecule has 11 heteroatoms. The van der Waals surface area contributed by atoms with Crippen LogP contribution in [-0.4, -0.2) is 42.6 Å². The van der Waals surface area contributed by atoms with Gasteiger partial charge in [0, 0.05) is 5.70 Å². The largest absolute Gasteiger partial charge is 0.486 e. The van der Waals surface area contributed by atoms with E-state index in [2.05, 4.69) is 17.2 Å². The molecule has 0 saturated heterocycles. The molecule has 6 nitrogen and oxygen atoms in total. The first kappa shape index (κ1) is 22.4. The lowest BCUT2D eigenvalue weighted by molar-refractivity contribution is -0.278. The van der Waals surface area contributed by atoms with Gasteiger partial charge in [0.15, 0.2) is 0 Å². The van der Waals surface area contributed by atoms with Crippen molar-refractivity contribution in [2.75, 3.05) is 11.9 Å². The molecule has 1 aliphatic heterocycles. The third-order valence-electron chi connectivity index (χ3n) is 4.37. The minimum atomic E-state index is -5.78. The molecule has 3 atom stereocenters. The van der Waals surface area contributed by atoms with Crippen molar-refractivity contribution in [1.29, 1.82) is 0 Å². The molecule has 0 fully saturated rings. The van der Waals surface area contributed by atoms with Gasteiger partial charge in [0.25, 0.3) is 5.91 Å². The van der Waals surface area contributed by atoms with Crippen LogP contribution in [0.4, 0.5) is 27.6 Å². The van der Waals surface area contributed by atoms with Crippen molar-refractivity contribution >= 4 is 17.5 Å². The van der Waals surface area contributed by atoms with E-state index < -0.39 is 48.5 Å². The number of benzene rings is 1. The van der Waals surface area contributed by atoms with Gasteiger partial charge in [-0.3, -0.25) is 9.59 Å². The Balaban J connectivity index is 2.00. The Morgan fingerprint density at radius 1 is 1.28 bits per heavy atom. The van der Waals surface area contributed by atoms with E-state index in [1.165, 1.54) is 6.92 Å². The van der Waals surface area contributed by atoms with E-state index in [-0.39, 0.29) is 5.70 Å². The van der Waals surface area contributed by atoms with Crippen molar-refractivity contribution in [3.63, 3.8) is 0 Å². The maximum atomic E-state index is 13.0. The number of halogens is 5. The summed E-state index contributed by atoms with van der Waals surface area (Å²) in [5.74, 6) is -7.41. The van der Waals surface area contributed by atoms with Gasteiger partial charge in [-0.2, -0.15) is 22.0 Å². The Bertz CT molecular complexity index is 797. The Morgan fingerprint density at radius 2 is 1.90 bits per heavy atom. The standard InChI is InChI=1S/C18H20F5N3O3/c1-9(15(27)24-8-17(19,20)18(21,22)23)10(2)25-14-11(3)29-13-7-5-4-6-12(13)26-16(14)28/h4-7,9,11,14,25H,2,8H2,1,3H3,(H,24,27)(H,26,28)/t9?,11-,14+/m1/s1. The zero-order chi connectivity index (χ0) is 22.0. The van der Waals surface area contributed by atoms with Crippen LogP contribution in [0.15, 0.2) is 36.5 Å². The van der Waals surface area contributed by atoms with Gasteiger partial charge in [0.2, 0.25) is 5.91 Å². The maximum absolute atomic E-state index is 13.0. The molecule has 0 radical (unpaired) electrons. The van der Waals surface area contributed by atoms with Gasteiger partial charge in [0.1, 0.15) is 17.9 Å². The monoisotopic (exact) mass is 421 g/mol. The number of rotatable bonds is 6. The first-order chi connectivity index (χ1) is 13.3. The zero-order valence-corrected chi connectivity index (χ0v) is 15.6. The molecule has 1 unspecified atom stereocenters. The highest BCUT2D eigenvalue weighted by Gasteiger charge is 2.57. The van der Waals surface area contributed by atoms with Crippen molar-refractivity contribution < 1.29 is 36.3 Å². The first-order valence-electron chi connectivity index (χ1n) is 8.57. The van der Waals surface area contributed by atoms with Gasteiger partial charge in [-0.15, -0.1) is 0 Å². The lowest BCUT2D eigenvalue weighted by Gasteiger charge is -2.26. The number of ether oxygens (including phenoxy) is 1. The van der Waals surface area contributed by atoms with Crippen molar-refractivity contribution in [2.45, 2.75) is 38.1 Å². The molecule has 3 N–H and O–H groups in total. The SMILES string of the molecule is C=C(N[C@@H]1C(=O)Nc2ccccc2O[C@@H]1C)C(C)C(=O)NCC(F)(F)C(F)(F)F. The van der Waals surface area contributed by atoms with Crippen LogP contribution in [0.2, 0.25) is 0 Å². The molecule has 0 aliphatic carbocycles. The fraction of sp³-hybridized carbons (Fsp3) is 0.444. The third-order valence-corrected chi connectivity index (χ3v) is 4.37. The van der Waals surface area contributed by atoms with Gasteiger partial charge in [-0.05, 0) is 26.0 Å². The number of nitrogens with one attached hydrogen (secondary N) is 3. The van der Waals surface area contributed by atoms with Crippen molar-refractivity contribution in [1.82, 2.24) is 10.6 Å². The summed E-state index contributed by atoms with van der Waals surface area (Å²) in [6.07, 6.45) is -6.47. The summed E-state index contributed by atoms with van der Waals surface area (Å²) in [6, 6.07) is 5.71. The molecule has 1 heterocycles.